The minimum absolute atomic E-state index is 0.0139. The van der Waals surface area contributed by atoms with E-state index in [0.29, 0.717) is 6.54 Å². The number of hydrogen-bond acceptors (Lipinski definition) is 2. The lowest BCUT2D eigenvalue weighted by Crippen LogP contribution is -2.25. The van der Waals surface area contributed by atoms with Gasteiger partial charge >= 0.3 is 5.69 Å². The van der Waals surface area contributed by atoms with Gasteiger partial charge in [-0.25, -0.2) is 4.79 Å². The maximum atomic E-state index is 12.0. The molecule has 0 aromatic carbocycles. The Morgan fingerprint density at radius 3 is 2.71 bits per heavy atom. The van der Waals surface area contributed by atoms with E-state index in [1.807, 2.05) is 32.3 Å². The van der Waals surface area contributed by atoms with Gasteiger partial charge < -0.3 is 0 Å². The Hall–Kier alpha value is -1.36. The molecule has 4 nitrogen and oxygen atoms in total. The number of halogens is 1. The minimum Gasteiger partial charge on any atom is -0.297 e. The van der Waals surface area contributed by atoms with Gasteiger partial charge in [-0.1, -0.05) is 0 Å². The number of imidazole rings is 1. The molecule has 0 atom stereocenters. The zero-order valence-corrected chi connectivity index (χ0v) is 11.4. The summed E-state index contributed by atoms with van der Waals surface area (Å²) in [6, 6.07) is 2.15. The molecule has 0 amide bonds. The molecular weight excluding hydrogens is 282 g/mol. The molecule has 0 aliphatic carbocycles. The summed E-state index contributed by atoms with van der Waals surface area (Å²) in [6.07, 6.45) is 7.12. The number of hydrogen-bond donors (Lipinski definition) is 0. The van der Waals surface area contributed by atoms with Crippen LogP contribution in [0.2, 0.25) is 0 Å². The Balaban J connectivity index is 2.28. The van der Waals surface area contributed by atoms with Crippen LogP contribution >= 0.6 is 15.9 Å². The van der Waals surface area contributed by atoms with Gasteiger partial charge in [0.25, 0.3) is 0 Å². The number of aromatic nitrogens is 3. The lowest BCUT2D eigenvalue weighted by Gasteiger charge is -2.05. The van der Waals surface area contributed by atoms with Gasteiger partial charge in [0.1, 0.15) is 0 Å². The van der Waals surface area contributed by atoms with Crippen LogP contribution in [0, 0.1) is 0 Å². The van der Waals surface area contributed by atoms with Crippen molar-refractivity contribution in [2.45, 2.75) is 26.4 Å². The molecule has 0 fully saturated rings. The molecule has 2 rings (SSSR count). The van der Waals surface area contributed by atoms with Crippen molar-refractivity contribution in [3.05, 3.63) is 51.4 Å². The van der Waals surface area contributed by atoms with Crippen molar-refractivity contribution in [1.29, 1.82) is 0 Å². The van der Waals surface area contributed by atoms with Crippen molar-refractivity contribution in [2.75, 3.05) is 0 Å². The predicted molar refractivity (Wildman–Crippen MR) is 70.1 cm³/mol. The standard InChI is InChI=1S/C12H14BrN3O/c1-9(2)16-4-3-15(12(16)17)8-10-5-11(13)7-14-6-10/h3-7,9H,8H2,1-2H3. The highest BCUT2D eigenvalue weighted by Crippen LogP contribution is 2.10. The first-order chi connectivity index (χ1) is 8.08. The third-order valence-electron chi connectivity index (χ3n) is 2.54. The molecule has 5 heteroatoms. The molecule has 0 saturated carbocycles. The topological polar surface area (TPSA) is 39.8 Å². The lowest BCUT2D eigenvalue weighted by atomic mass is 10.3. The molecule has 0 spiro atoms. The Bertz CT molecular complexity index is 571. The largest absolute Gasteiger partial charge is 0.328 e. The molecule has 2 heterocycles. The summed E-state index contributed by atoms with van der Waals surface area (Å²) in [6.45, 7) is 4.53. The van der Waals surface area contributed by atoms with E-state index in [2.05, 4.69) is 20.9 Å². The first kappa shape index (κ1) is 12.1. The molecule has 0 N–H and O–H groups in total. The number of pyridine rings is 1. The van der Waals surface area contributed by atoms with E-state index in [9.17, 15) is 4.79 Å². The third kappa shape index (κ3) is 2.66. The summed E-state index contributed by atoms with van der Waals surface area (Å²) in [4.78, 5) is 16.1. The Morgan fingerprint density at radius 1 is 1.35 bits per heavy atom. The van der Waals surface area contributed by atoms with Crippen molar-refractivity contribution in [2.24, 2.45) is 0 Å². The van der Waals surface area contributed by atoms with Gasteiger partial charge in [-0.15, -0.1) is 0 Å². The van der Waals surface area contributed by atoms with Crippen LogP contribution in [0.5, 0.6) is 0 Å². The van der Waals surface area contributed by atoms with Crippen molar-refractivity contribution < 1.29 is 0 Å². The Kier molecular flexibility index (Phi) is 3.47. The monoisotopic (exact) mass is 295 g/mol. The maximum absolute atomic E-state index is 12.0. The van der Waals surface area contributed by atoms with Gasteiger partial charge in [0, 0.05) is 35.3 Å². The van der Waals surface area contributed by atoms with Gasteiger partial charge in [-0.2, -0.15) is 0 Å². The highest BCUT2D eigenvalue weighted by molar-refractivity contribution is 9.10. The van der Waals surface area contributed by atoms with Crippen LogP contribution in [0.1, 0.15) is 25.5 Å². The van der Waals surface area contributed by atoms with E-state index < -0.39 is 0 Å². The van der Waals surface area contributed by atoms with E-state index in [1.165, 1.54) is 0 Å². The smallest absolute Gasteiger partial charge is 0.297 e. The van der Waals surface area contributed by atoms with Crippen molar-refractivity contribution in [3.63, 3.8) is 0 Å². The third-order valence-corrected chi connectivity index (χ3v) is 2.98. The molecule has 90 valence electrons. The fourth-order valence-electron chi connectivity index (χ4n) is 1.68. The first-order valence-electron chi connectivity index (χ1n) is 5.44. The Morgan fingerprint density at radius 2 is 2.12 bits per heavy atom. The summed E-state index contributed by atoms with van der Waals surface area (Å²) in [5, 5.41) is 0. The normalized spacial score (nSPS) is 11.1. The van der Waals surface area contributed by atoms with E-state index in [0.717, 1.165) is 10.0 Å². The number of nitrogens with zero attached hydrogens (tertiary/aromatic N) is 3. The van der Waals surface area contributed by atoms with E-state index in [4.69, 9.17) is 0 Å². The summed E-state index contributed by atoms with van der Waals surface area (Å²) in [7, 11) is 0. The molecule has 0 saturated heterocycles. The quantitative estimate of drug-likeness (QED) is 0.872. The van der Waals surface area contributed by atoms with Crippen LogP contribution in [0.15, 0.2) is 40.1 Å². The summed E-state index contributed by atoms with van der Waals surface area (Å²) >= 11 is 3.37. The zero-order chi connectivity index (χ0) is 12.4. The fraction of sp³-hybridized carbons (Fsp3) is 0.333. The molecular formula is C12H14BrN3O. The fourth-order valence-corrected chi connectivity index (χ4v) is 2.09. The van der Waals surface area contributed by atoms with E-state index in [-0.39, 0.29) is 11.7 Å². The predicted octanol–water partition coefficient (Wildman–Crippen LogP) is 2.44. The molecule has 0 aliphatic rings. The average Bonchev–Trinajstić information content (AvgIpc) is 2.61. The Labute approximate surface area is 108 Å². The second-order valence-electron chi connectivity index (χ2n) is 4.22. The summed E-state index contributed by atoms with van der Waals surface area (Å²) < 4.78 is 4.32. The minimum atomic E-state index is 0.0139. The van der Waals surface area contributed by atoms with Crippen LogP contribution < -0.4 is 5.69 Å². The van der Waals surface area contributed by atoms with Gasteiger partial charge in [0.2, 0.25) is 0 Å². The number of rotatable bonds is 3. The second-order valence-corrected chi connectivity index (χ2v) is 5.14. The van der Waals surface area contributed by atoms with E-state index in [1.54, 1.807) is 21.5 Å². The molecule has 0 radical (unpaired) electrons. The molecule has 17 heavy (non-hydrogen) atoms. The molecule has 2 aromatic heterocycles. The zero-order valence-electron chi connectivity index (χ0n) is 9.80. The maximum Gasteiger partial charge on any atom is 0.328 e. The van der Waals surface area contributed by atoms with Crippen LogP contribution in [0.25, 0.3) is 0 Å². The highest BCUT2D eigenvalue weighted by atomic mass is 79.9. The van der Waals surface area contributed by atoms with Crippen LogP contribution in [-0.4, -0.2) is 14.1 Å². The van der Waals surface area contributed by atoms with Crippen LogP contribution in [0.3, 0.4) is 0 Å². The van der Waals surface area contributed by atoms with Crippen molar-refractivity contribution >= 4 is 15.9 Å². The van der Waals surface area contributed by atoms with Gasteiger partial charge in [0.05, 0.1) is 6.54 Å². The summed E-state index contributed by atoms with van der Waals surface area (Å²) in [5.74, 6) is 0. The van der Waals surface area contributed by atoms with Crippen LogP contribution in [-0.2, 0) is 6.54 Å². The molecule has 2 aromatic rings. The molecule has 0 bridgehead atoms. The SMILES string of the molecule is CC(C)n1ccn(Cc2cncc(Br)c2)c1=O. The van der Waals surface area contributed by atoms with Gasteiger partial charge in [-0.05, 0) is 41.4 Å². The van der Waals surface area contributed by atoms with Crippen molar-refractivity contribution in [1.82, 2.24) is 14.1 Å². The van der Waals surface area contributed by atoms with Gasteiger partial charge in [0.15, 0.2) is 0 Å². The van der Waals surface area contributed by atoms with E-state index >= 15 is 0 Å². The van der Waals surface area contributed by atoms with Gasteiger partial charge in [-0.3, -0.25) is 14.1 Å². The first-order valence-corrected chi connectivity index (χ1v) is 6.24. The molecule has 0 aliphatic heterocycles. The molecule has 0 unspecified atom stereocenters. The second kappa shape index (κ2) is 4.87. The van der Waals surface area contributed by atoms with Crippen LogP contribution in [0.4, 0.5) is 0 Å². The highest BCUT2D eigenvalue weighted by Gasteiger charge is 2.06. The average molecular weight is 296 g/mol. The summed E-state index contributed by atoms with van der Waals surface area (Å²) in [5.41, 5.74) is 1.02. The lowest BCUT2D eigenvalue weighted by molar-refractivity contribution is 0.561. The van der Waals surface area contributed by atoms with Crippen molar-refractivity contribution in [3.8, 4) is 0 Å².